The van der Waals surface area contributed by atoms with Gasteiger partial charge in [-0.1, -0.05) is 12.1 Å². The molecular weight excluding hydrogens is 238 g/mol. The van der Waals surface area contributed by atoms with Gasteiger partial charge in [-0.25, -0.2) is 0 Å². The minimum atomic E-state index is 0.0259. The molecule has 2 aliphatic rings. The van der Waals surface area contributed by atoms with Crippen molar-refractivity contribution in [3.05, 3.63) is 35.4 Å². The van der Waals surface area contributed by atoms with Crippen molar-refractivity contribution in [3.63, 3.8) is 0 Å². The molecule has 1 aromatic carbocycles. The lowest BCUT2D eigenvalue weighted by Crippen LogP contribution is -2.37. The predicted molar refractivity (Wildman–Crippen MR) is 74.8 cm³/mol. The molecule has 0 spiro atoms. The van der Waals surface area contributed by atoms with Crippen LogP contribution < -0.4 is 11.1 Å². The number of carbonyl (C=O) groups excluding carboxylic acids is 1. The van der Waals surface area contributed by atoms with Crippen LogP contribution in [0, 0.1) is 0 Å². The van der Waals surface area contributed by atoms with Crippen LogP contribution in [-0.2, 0) is 6.54 Å². The Labute approximate surface area is 114 Å². The zero-order valence-electron chi connectivity index (χ0n) is 11.1. The second kappa shape index (κ2) is 5.31. The summed E-state index contributed by atoms with van der Waals surface area (Å²) in [5.74, 6) is 0.0259. The number of hydrogen-bond acceptors (Lipinski definition) is 3. The number of amides is 1. The second-order valence-electron chi connectivity index (χ2n) is 5.59. The maximum Gasteiger partial charge on any atom is 0.251 e. The molecular formula is C15H21N3O. The fourth-order valence-corrected chi connectivity index (χ4v) is 2.78. The van der Waals surface area contributed by atoms with Crippen molar-refractivity contribution in [3.8, 4) is 0 Å². The average molecular weight is 259 g/mol. The van der Waals surface area contributed by atoms with Crippen LogP contribution >= 0.6 is 0 Å². The minimum absolute atomic E-state index is 0.0259. The summed E-state index contributed by atoms with van der Waals surface area (Å²) in [6, 6.07) is 8.66. The van der Waals surface area contributed by atoms with E-state index in [-0.39, 0.29) is 5.91 Å². The Kier molecular flexibility index (Phi) is 3.53. The Morgan fingerprint density at radius 1 is 1.37 bits per heavy atom. The number of rotatable bonds is 4. The number of likely N-dealkylation sites (tertiary alicyclic amines) is 1. The highest BCUT2D eigenvalue weighted by atomic mass is 16.1. The van der Waals surface area contributed by atoms with E-state index >= 15 is 0 Å². The molecule has 3 rings (SSSR count). The van der Waals surface area contributed by atoms with E-state index in [4.69, 9.17) is 5.73 Å². The van der Waals surface area contributed by atoms with Crippen LogP contribution in [0.15, 0.2) is 24.3 Å². The molecule has 1 aromatic rings. The molecule has 0 radical (unpaired) electrons. The van der Waals surface area contributed by atoms with E-state index in [0.29, 0.717) is 18.2 Å². The Balaban J connectivity index is 1.58. The summed E-state index contributed by atoms with van der Waals surface area (Å²) in [7, 11) is 0. The maximum absolute atomic E-state index is 12.2. The largest absolute Gasteiger partial charge is 0.348 e. The molecule has 1 aliphatic carbocycles. The number of nitrogens with two attached hydrogens (primary N) is 1. The molecule has 2 fully saturated rings. The third-order valence-corrected chi connectivity index (χ3v) is 4.04. The Hall–Kier alpha value is -1.39. The molecule has 19 heavy (non-hydrogen) atoms. The third kappa shape index (κ3) is 2.96. The van der Waals surface area contributed by atoms with Crippen molar-refractivity contribution in [1.29, 1.82) is 0 Å². The molecule has 0 bridgehead atoms. The molecule has 102 valence electrons. The second-order valence-corrected chi connectivity index (χ2v) is 5.59. The highest BCUT2D eigenvalue weighted by molar-refractivity contribution is 5.94. The van der Waals surface area contributed by atoms with Gasteiger partial charge >= 0.3 is 0 Å². The Morgan fingerprint density at radius 2 is 2.21 bits per heavy atom. The summed E-state index contributed by atoms with van der Waals surface area (Å²) in [6.07, 6.45) is 3.73. The monoisotopic (exact) mass is 259 g/mol. The number of carbonyl (C=O) groups is 1. The van der Waals surface area contributed by atoms with Crippen molar-refractivity contribution in [2.45, 2.75) is 37.9 Å². The number of nitrogens with one attached hydrogen (secondary N) is 1. The van der Waals surface area contributed by atoms with Crippen LogP contribution in [-0.4, -0.2) is 36.0 Å². The molecule has 0 aromatic heterocycles. The van der Waals surface area contributed by atoms with Crippen LogP contribution in [0.3, 0.4) is 0 Å². The molecule has 1 atom stereocenters. The minimum Gasteiger partial charge on any atom is -0.348 e. The smallest absolute Gasteiger partial charge is 0.251 e. The maximum atomic E-state index is 12.2. The molecule has 1 saturated carbocycles. The summed E-state index contributed by atoms with van der Waals surface area (Å²) in [5, 5.41) is 3.14. The van der Waals surface area contributed by atoms with Gasteiger partial charge in [-0.3, -0.25) is 9.69 Å². The normalized spacial score (nSPS) is 23.5. The van der Waals surface area contributed by atoms with Crippen molar-refractivity contribution >= 4 is 5.91 Å². The van der Waals surface area contributed by atoms with Gasteiger partial charge in [-0.05, 0) is 37.0 Å². The number of hydrogen-bond donors (Lipinski definition) is 2. The lowest BCUT2D eigenvalue weighted by atomic mass is 10.1. The van der Waals surface area contributed by atoms with E-state index < -0.39 is 0 Å². The van der Waals surface area contributed by atoms with Crippen LogP contribution in [0.4, 0.5) is 0 Å². The Morgan fingerprint density at radius 3 is 2.95 bits per heavy atom. The van der Waals surface area contributed by atoms with Gasteiger partial charge < -0.3 is 11.1 Å². The van der Waals surface area contributed by atoms with Gasteiger partial charge in [0.1, 0.15) is 0 Å². The molecule has 1 unspecified atom stereocenters. The molecule has 3 N–H and O–H groups in total. The molecule has 1 aliphatic heterocycles. The quantitative estimate of drug-likeness (QED) is 0.851. The topological polar surface area (TPSA) is 58.4 Å². The van der Waals surface area contributed by atoms with Crippen LogP contribution in [0.5, 0.6) is 0 Å². The zero-order valence-corrected chi connectivity index (χ0v) is 11.1. The average Bonchev–Trinajstić information content (AvgIpc) is 3.19. The van der Waals surface area contributed by atoms with Gasteiger partial charge in [0.15, 0.2) is 0 Å². The van der Waals surface area contributed by atoms with Crippen molar-refractivity contribution in [2.75, 3.05) is 13.1 Å². The van der Waals surface area contributed by atoms with Gasteiger partial charge in [0, 0.05) is 37.3 Å². The first-order valence-corrected chi connectivity index (χ1v) is 7.10. The van der Waals surface area contributed by atoms with Gasteiger partial charge in [0.25, 0.3) is 5.91 Å². The summed E-state index contributed by atoms with van der Waals surface area (Å²) >= 11 is 0. The number of benzene rings is 1. The fraction of sp³-hybridized carbons (Fsp3) is 0.533. The standard InChI is InChI=1S/C15H21N3O/c16-9-11-2-1-3-12(8-11)15(19)17-13-6-7-18(10-13)14-4-5-14/h1-3,8,13-14H,4-7,9-10,16H2,(H,17,19). The summed E-state index contributed by atoms with van der Waals surface area (Å²) in [4.78, 5) is 14.7. The van der Waals surface area contributed by atoms with Crippen LogP contribution in [0.2, 0.25) is 0 Å². The van der Waals surface area contributed by atoms with Crippen molar-refractivity contribution in [2.24, 2.45) is 5.73 Å². The first-order chi connectivity index (χ1) is 9.26. The van der Waals surface area contributed by atoms with E-state index in [0.717, 1.165) is 31.1 Å². The molecule has 1 amide bonds. The van der Waals surface area contributed by atoms with Crippen LogP contribution in [0.25, 0.3) is 0 Å². The van der Waals surface area contributed by atoms with Crippen molar-refractivity contribution in [1.82, 2.24) is 10.2 Å². The van der Waals surface area contributed by atoms with Gasteiger partial charge in [-0.15, -0.1) is 0 Å². The van der Waals surface area contributed by atoms with E-state index in [1.54, 1.807) is 0 Å². The summed E-state index contributed by atoms with van der Waals surface area (Å²) < 4.78 is 0. The first kappa shape index (κ1) is 12.6. The first-order valence-electron chi connectivity index (χ1n) is 7.10. The van der Waals surface area contributed by atoms with Gasteiger partial charge in [-0.2, -0.15) is 0 Å². The highest BCUT2D eigenvalue weighted by Crippen LogP contribution is 2.29. The molecule has 1 saturated heterocycles. The molecule has 1 heterocycles. The summed E-state index contributed by atoms with van der Waals surface area (Å²) in [6.45, 7) is 2.60. The van der Waals surface area contributed by atoms with Gasteiger partial charge in [0.2, 0.25) is 0 Å². The molecule has 4 heteroatoms. The lowest BCUT2D eigenvalue weighted by Gasteiger charge is -2.16. The third-order valence-electron chi connectivity index (χ3n) is 4.04. The van der Waals surface area contributed by atoms with Crippen LogP contribution in [0.1, 0.15) is 35.2 Å². The van der Waals surface area contributed by atoms with E-state index in [2.05, 4.69) is 10.2 Å². The van der Waals surface area contributed by atoms with E-state index in [9.17, 15) is 4.79 Å². The predicted octanol–water partition coefficient (Wildman–Crippen LogP) is 1.11. The zero-order chi connectivity index (χ0) is 13.2. The van der Waals surface area contributed by atoms with E-state index in [1.165, 1.54) is 12.8 Å². The fourth-order valence-electron chi connectivity index (χ4n) is 2.78. The highest BCUT2D eigenvalue weighted by Gasteiger charge is 2.34. The van der Waals surface area contributed by atoms with Crippen molar-refractivity contribution < 1.29 is 4.79 Å². The van der Waals surface area contributed by atoms with E-state index in [1.807, 2.05) is 24.3 Å². The SMILES string of the molecule is NCc1cccc(C(=O)NC2CCN(C3CC3)C2)c1. The lowest BCUT2D eigenvalue weighted by molar-refractivity contribution is 0.0937. The van der Waals surface area contributed by atoms with Gasteiger partial charge in [0.05, 0.1) is 0 Å². The number of nitrogens with zero attached hydrogens (tertiary/aromatic N) is 1. The summed E-state index contributed by atoms with van der Waals surface area (Å²) in [5.41, 5.74) is 7.32. The molecule has 4 nitrogen and oxygen atoms in total. The Bertz CT molecular complexity index is 470.